The molecule has 13 aliphatic heterocycles. The first-order valence-electron chi connectivity index (χ1n) is 21.6. The van der Waals surface area contributed by atoms with Crippen LogP contribution in [0, 0.1) is 5.92 Å². The van der Waals surface area contributed by atoms with Gasteiger partial charge in [0, 0.05) is 0 Å². The lowest BCUT2D eigenvalue weighted by molar-refractivity contribution is -0.395. The maximum Gasteiger partial charge on any atom is 0.187 e. The van der Waals surface area contributed by atoms with Crippen LogP contribution in [0.4, 0.5) is 0 Å². The average Bonchev–Trinajstić information content (AvgIpc) is 3.30. The van der Waals surface area contributed by atoms with Gasteiger partial charge in [-0.05, 0) is 12.8 Å². The predicted molar refractivity (Wildman–Crippen MR) is 204 cm³/mol. The van der Waals surface area contributed by atoms with Gasteiger partial charge in [-0.15, -0.1) is 0 Å². The van der Waals surface area contributed by atoms with E-state index in [0.717, 1.165) is 0 Å². The Hall–Kier alpha value is -1.12. The number of hydrogen-bond donors (Lipinski definition) is 17. The molecule has 13 fully saturated rings. The summed E-state index contributed by atoms with van der Waals surface area (Å²) >= 11 is 0. The molecule has 28 heteroatoms. The molecule has 13 heterocycles. The van der Waals surface area contributed by atoms with Crippen molar-refractivity contribution in [1.82, 2.24) is 0 Å². The Balaban J connectivity index is 1.31. The Bertz CT molecular complexity index is 1480. The Morgan fingerprint density at radius 2 is 0.515 bits per heavy atom. The van der Waals surface area contributed by atoms with Crippen molar-refractivity contribution in [3.05, 3.63) is 0 Å². The highest BCUT2D eigenvalue weighted by Gasteiger charge is 2.57. The topological polar surface area (TPSA) is 445 Å². The number of hydrogen-bond acceptors (Lipinski definition) is 28. The van der Waals surface area contributed by atoms with Crippen LogP contribution in [0.15, 0.2) is 0 Å². The van der Waals surface area contributed by atoms with Crippen molar-refractivity contribution in [2.75, 3.05) is 33.0 Å². The highest BCUT2D eigenvalue weighted by Crippen LogP contribution is 2.37. The fourth-order valence-electron chi connectivity index (χ4n) is 8.87. The van der Waals surface area contributed by atoms with Crippen LogP contribution in [-0.4, -0.2) is 298 Å². The molecule has 0 aromatic carbocycles. The summed E-state index contributed by atoms with van der Waals surface area (Å²) in [4.78, 5) is 0. The van der Waals surface area contributed by atoms with E-state index in [4.69, 9.17) is 52.1 Å². The van der Waals surface area contributed by atoms with E-state index in [1.54, 1.807) is 13.8 Å². The molecule has 29 unspecified atom stereocenters. The van der Waals surface area contributed by atoms with Gasteiger partial charge in [-0.1, -0.05) is 13.8 Å². The molecule has 0 radical (unpaired) electrons. The van der Waals surface area contributed by atoms with Crippen LogP contribution in [0.1, 0.15) is 20.8 Å². The molecule has 29 atom stereocenters. The van der Waals surface area contributed by atoms with Gasteiger partial charge in [0.15, 0.2) is 31.5 Å². The first-order chi connectivity index (χ1) is 31.2. The van der Waals surface area contributed by atoms with E-state index >= 15 is 0 Å². The van der Waals surface area contributed by atoms with Crippen molar-refractivity contribution >= 4 is 0 Å². The molecule has 17 N–H and O–H groups in total. The molecule has 13 aliphatic rings. The molecule has 13 saturated heterocycles. The van der Waals surface area contributed by atoms with Gasteiger partial charge in [-0.2, -0.15) is 0 Å². The van der Waals surface area contributed by atoms with Gasteiger partial charge >= 0.3 is 0 Å². The van der Waals surface area contributed by atoms with Crippen molar-refractivity contribution in [2.24, 2.45) is 5.92 Å². The SMILES string of the molecule is CC(C)C1OC2OC(CO)C(OC3OC(CO)C(OC4OC(CO)C(OC5OC(CO)C(OC6OC(CO)C(OC(C)C(O)C1O)C(O)C6O)C(O)C5O)C(O)C4O)C(O)C3O)C(O)C2O. The third-order valence-corrected chi connectivity index (χ3v) is 12.8. The van der Waals surface area contributed by atoms with Gasteiger partial charge in [0.05, 0.1) is 45.2 Å². The summed E-state index contributed by atoms with van der Waals surface area (Å²) < 4.78 is 62.9. The van der Waals surface area contributed by atoms with Crippen LogP contribution in [-0.2, 0) is 52.1 Å². The van der Waals surface area contributed by atoms with Crippen molar-refractivity contribution < 1.29 is 139 Å². The summed E-state index contributed by atoms with van der Waals surface area (Å²) in [6.07, 6.45) is -53.9. The number of aliphatic hydroxyl groups excluding tert-OH is 17. The van der Waals surface area contributed by atoms with Gasteiger partial charge in [-0.25, -0.2) is 0 Å². The molecule has 10 bridgehead atoms. The lowest BCUT2D eigenvalue weighted by Crippen LogP contribution is -2.68. The quantitative estimate of drug-likeness (QED) is 0.117. The van der Waals surface area contributed by atoms with Crippen LogP contribution in [0.5, 0.6) is 0 Å². The molecule has 13 rings (SSSR count). The summed E-state index contributed by atoms with van der Waals surface area (Å²) in [6.45, 7) is -0.428. The monoisotopic (exact) mass is 970 g/mol. The summed E-state index contributed by atoms with van der Waals surface area (Å²) in [5, 5.41) is 186. The maximum atomic E-state index is 11.4. The van der Waals surface area contributed by atoms with Gasteiger partial charge in [0.25, 0.3) is 0 Å². The third-order valence-electron chi connectivity index (χ3n) is 12.8. The van der Waals surface area contributed by atoms with Gasteiger partial charge in [0.1, 0.15) is 134 Å². The van der Waals surface area contributed by atoms with Crippen LogP contribution >= 0.6 is 0 Å². The molecule has 386 valence electrons. The molecule has 0 aromatic heterocycles. The van der Waals surface area contributed by atoms with Crippen LogP contribution in [0.3, 0.4) is 0 Å². The van der Waals surface area contributed by atoms with Gasteiger partial charge in [0.2, 0.25) is 0 Å². The summed E-state index contributed by atoms with van der Waals surface area (Å²) in [6, 6.07) is 0. The Morgan fingerprint density at radius 3 is 0.742 bits per heavy atom. The minimum Gasteiger partial charge on any atom is -0.394 e. The van der Waals surface area contributed by atoms with Crippen molar-refractivity contribution in [3.63, 3.8) is 0 Å². The van der Waals surface area contributed by atoms with Crippen LogP contribution in [0.2, 0.25) is 0 Å². The predicted octanol–water partition coefficient (Wildman–Crippen LogP) is -10.7. The van der Waals surface area contributed by atoms with E-state index in [9.17, 15) is 86.8 Å². The number of ether oxygens (including phenoxy) is 11. The zero-order valence-corrected chi connectivity index (χ0v) is 35.9. The Morgan fingerprint density at radius 1 is 0.288 bits per heavy atom. The van der Waals surface area contributed by atoms with E-state index in [-0.39, 0.29) is 0 Å². The Kier molecular flexibility index (Phi) is 18.9. The van der Waals surface area contributed by atoms with Crippen molar-refractivity contribution in [3.8, 4) is 0 Å². The second-order valence-corrected chi connectivity index (χ2v) is 17.6. The van der Waals surface area contributed by atoms with Gasteiger partial charge < -0.3 is 139 Å². The highest BCUT2D eigenvalue weighted by atomic mass is 16.8. The summed E-state index contributed by atoms with van der Waals surface area (Å²) in [7, 11) is 0. The molecular formula is C38H66O28. The summed E-state index contributed by atoms with van der Waals surface area (Å²) in [5.41, 5.74) is 0. The highest BCUT2D eigenvalue weighted by molar-refractivity contribution is 5.00. The molecule has 28 nitrogen and oxygen atoms in total. The minimum atomic E-state index is -2.13. The van der Waals surface area contributed by atoms with E-state index in [1.165, 1.54) is 6.92 Å². The van der Waals surface area contributed by atoms with E-state index in [0.29, 0.717) is 0 Å². The maximum absolute atomic E-state index is 11.4. The Labute approximate surface area is 376 Å². The largest absolute Gasteiger partial charge is 0.394 e. The standard InChI is InChI=1S/C38H66O28/c1-9(2)28-17(45)16(44)10(3)56-29-11(4-39)57-35(23(51)18(29)46)63-31-13(6-41)59-37(25(53)20(31)48)65-33-15(8-43)61-38(27(55)22(33)50)66-32-14(7-42)60-36(26(54)21(32)49)64-30-12(5-40)58-34(62-28)24(52)19(30)47/h9-55H,4-8H2,1-3H3. The van der Waals surface area contributed by atoms with Crippen LogP contribution in [0.25, 0.3) is 0 Å². The third kappa shape index (κ3) is 10.9. The molecule has 0 aliphatic carbocycles. The number of aliphatic hydroxyl groups is 17. The molecule has 0 aromatic rings. The number of rotatable bonds is 6. The van der Waals surface area contributed by atoms with Crippen LogP contribution < -0.4 is 0 Å². The lowest BCUT2D eigenvalue weighted by atomic mass is 9.93. The van der Waals surface area contributed by atoms with E-state index < -0.39 is 217 Å². The molecule has 0 saturated carbocycles. The second-order valence-electron chi connectivity index (χ2n) is 17.6. The molecule has 0 spiro atoms. The van der Waals surface area contributed by atoms with Crippen molar-refractivity contribution in [2.45, 2.75) is 199 Å². The zero-order valence-electron chi connectivity index (χ0n) is 35.9. The lowest BCUT2D eigenvalue weighted by Gasteiger charge is -2.50. The summed E-state index contributed by atoms with van der Waals surface area (Å²) in [5.74, 6) is -0.696. The van der Waals surface area contributed by atoms with Crippen molar-refractivity contribution in [1.29, 1.82) is 0 Å². The molecule has 66 heavy (non-hydrogen) atoms. The first kappa shape index (κ1) is 54.2. The first-order valence-corrected chi connectivity index (χ1v) is 21.6. The van der Waals surface area contributed by atoms with E-state index in [1.807, 2.05) is 0 Å². The number of fused-ring (bicyclic) bond motifs is 1. The second kappa shape index (κ2) is 23.0. The molecular weight excluding hydrogens is 904 g/mol. The normalized spacial score (nSPS) is 53.7. The fraction of sp³-hybridized carbons (Fsp3) is 1.00. The zero-order chi connectivity index (χ0) is 48.6. The van der Waals surface area contributed by atoms with E-state index in [2.05, 4.69) is 0 Å². The average molecular weight is 971 g/mol. The molecule has 0 amide bonds. The van der Waals surface area contributed by atoms with Gasteiger partial charge in [-0.3, -0.25) is 0 Å². The fourth-order valence-corrected chi connectivity index (χ4v) is 8.87. The smallest absolute Gasteiger partial charge is 0.187 e. The minimum absolute atomic E-state index is 0.696.